The van der Waals surface area contributed by atoms with Gasteiger partial charge in [0.15, 0.2) is 5.17 Å². The molecule has 154 valence electrons. The van der Waals surface area contributed by atoms with Crippen LogP contribution in [-0.4, -0.2) is 39.0 Å². The van der Waals surface area contributed by atoms with Crippen molar-refractivity contribution in [1.82, 2.24) is 5.32 Å². The molecule has 0 unspecified atom stereocenters. The fourth-order valence-corrected chi connectivity index (χ4v) is 4.31. The van der Waals surface area contributed by atoms with E-state index in [9.17, 15) is 14.4 Å². The van der Waals surface area contributed by atoms with Gasteiger partial charge >= 0.3 is 5.97 Å². The number of carbonyl (C=O) groups is 3. The van der Waals surface area contributed by atoms with E-state index < -0.39 is 11.2 Å². The molecule has 9 heteroatoms. The molecule has 3 N–H and O–H groups in total. The van der Waals surface area contributed by atoms with Gasteiger partial charge in [-0.2, -0.15) is 5.10 Å². The number of carboxylic acid groups (broad SMARTS) is 1. The summed E-state index contributed by atoms with van der Waals surface area (Å²) in [5.74, 6) is -1.17. The Balaban J connectivity index is 1.53. The number of nitrogens with one attached hydrogen (secondary N) is 2. The molecule has 1 aromatic carbocycles. The number of nitrogens with zero attached hydrogens (tertiary/aromatic N) is 2. The highest BCUT2D eigenvalue weighted by atomic mass is 32.2. The van der Waals surface area contributed by atoms with E-state index in [0.29, 0.717) is 16.8 Å². The van der Waals surface area contributed by atoms with Gasteiger partial charge in [0.25, 0.3) is 0 Å². The first kappa shape index (κ1) is 21.0. The summed E-state index contributed by atoms with van der Waals surface area (Å²) in [5, 5.41) is 22.5. The number of hydrogen-bond acceptors (Lipinski definition) is 6. The number of carboxylic acids is 1. The van der Waals surface area contributed by atoms with Crippen LogP contribution in [0.15, 0.2) is 34.5 Å². The maximum atomic E-state index is 12.2. The molecular formula is C20H24N4O4S. The molecule has 1 saturated heterocycles. The van der Waals surface area contributed by atoms with Crippen LogP contribution in [0.2, 0.25) is 0 Å². The highest BCUT2D eigenvalue weighted by molar-refractivity contribution is 8.15. The Hall–Kier alpha value is -2.68. The van der Waals surface area contributed by atoms with E-state index in [4.69, 9.17) is 5.11 Å². The van der Waals surface area contributed by atoms with Crippen molar-refractivity contribution in [2.24, 2.45) is 16.1 Å². The molecule has 0 spiro atoms. The predicted molar refractivity (Wildman–Crippen MR) is 113 cm³/mol. The summed E-state index contributed by atoms with van der Waals surface area (Å²) in [7, 11) is 0. The third kappa shape index (κ3) is 5.90. The van der Waals surface area contributed by atoms with E-state index in [0.717, 1.165) is 18.6 Å². The minimum Gasteiger partial charge on any atom is -0.478 e. The van der Waals surface area contributed by atoms with E-state index in [1.165, 1.54) is 55.3 Å². The summed E-state index contributed by atoms with van der Waals surface area (Å²) in [6.45, 7) is 1.97. The summed E-state index contributed by atoms with van der Waals surface area (Å²) in [4.78, 5) is 35.2. The highest BCUT2D eigenvalue weighted by Crippen LogP contribution is 2.26. The van der Waals surface area contributed by atoms with Crippen molar-refractivity contribution < 1.29 is 19.5 Å². The molecule has 3 rings (SSSR count). The lowest BCUT2D eigenvalue weighted by Gasteiger charge is -2.20. The van der Waals surface area contributed by atoms with Crippen molar-refractivity contribution in [3.05, 3.63) is 29.8 Å². The van der Waals surface area contributed by atoms with Crippen LogP contribution < -0.4 is 10.6 Å². The lowest BCUT2D eigenvalue weighted by atomic mass is 9.86. The number of aromatic carboxylic acids is 1. The van der Waals surface area contributed by atoms with Crippen LogP contribution in [-0.2, 0) is 9.59 Å². The first-order chi connectivity index (χ1) is 13.9. The lowest BCUT2D eigenvalue weighted by molar-refractivity contribution is -0.122. The largest absolute Gasteiger partial charge is 0.478 e. The first-order valence-corrected chi connectivity index (χ1v) is 10.5. The molecule has 1 aliphatic heterocycles. The SMILES string of the molecule is C/C(=N/N=C1\NC(=O)[C@@H](CC(=O)Nc2ccc(C(=O)O)cc2)S1)C1CCCCC1. The fourth-order valence-electron chi connectivity index (χ4n) is 3.39. The third-order valence-electron chi connectivity index (χ3n) is 5.06. The monoisotopic (exact) mass is 416 g/mol. The van der Waals surface area contributed by atoms with Crippen molar-refractivity contribution in [2.45, 2.75) is 50.7 Å². The van der Waals surface area contributed by atoms with Gasteiger partial charge in [0.05, 0.1) is 5.56 Å². The van der Waals surface area contributed by atoms with Crippen molar-refractivity contribution >= 4 is 46.1 Å². The number of amides is 2. The summed E-state index contributed by atoms with van der Waals surface area (Å²) >= 11 is 1.20. The molecule has 1 atom stereocenters. The Kier molecular flexibility index (Phi) is 7.03. The van der Waals surface area contributed by atoms with E-state index in [2.05, 4.69) is 20.8 Å². The number of thioether (sulfide) groups is 1. The van der Waals surface area contributed by atoms with Crippen LogP contribution in [0.5, 0.6) is 0 Å². The van der Waals surface area contributed by atoms with E-state index in [1.54, 1.807) is 0 Å². The smallest absolute Gasteiger partial charge is 0.335 e. The molecule has 0 bridgehead atoms. The Morgan fingerprint density at radius 1 is 1.21 bits per heavy atom. The average molecular weight is 417 g/mol. The number of hydrogen-bond donors (Lipinski definition) is 3. The van der Waals surface area contributed by atoms with E-state index >= 15 is 0 Å². The molecule has 29 heavy (non-hydrogen) atoms. The number of carbonyl (C=O) groups excluding carboxylic acids is 2. The topological polar surface area (TPSA) is 120 Å². The average Bonchev–Trinajstić information content (AvgIpc) is 3.06. The van der Waals surface area contributed by atoms with Crippen LogP contribution >= 0.6 is 11.8 Å². The zero-order chi connectivity index (χ0) is 20.8. The molecule has 1 aliphatic carbocycles. The van der Waals surface area contributed by atoms with Gasteiger partial charge in [-0.25, -0.2) is 4.79 Å². The molecule has 0 radical (unpaired) electrons. The Morgan fingerprint density at radius 3 is 2.55 bits per heavy atom. The molecular weight excluding hydrogens is 392 g/mol. The molecule has 2 aliphatic rings. The standard InChI is InChI=1S/C20H24N4O4S/c1-12(13-5-3-2-4-6-13)23-24-20-22-18(26)16(29-20)11-17(25)21-15-9-7-14(8-10-15)19(27)28/h7-10,13,16H,2-6,11H2,1H3,(H,21,25)(H,27,28)(H,22,24,26)/b23-12-/t16-/m1/s1. The zero-order valence-corrected chi connectivity index (χ0v) is 17.0. The van der Waals surface area contributed by atoms with Gasteiger partial charge in [-0.1, -0.05) is 31.0 Å². The molecule has 0 aromatic heterocycles. The Bertz CT molecular complexity index is 845. The normalized spacial score (nSPS) is 21.8. The van der Waals surface area contributed by atoms with Crippen molar-refractivity contribution in [2.75, 3.05) is 5.32 Å². The highest BCUT2D eigenvalue weighted by Gasteiger charge is 2.32. The molecule has 2 fully saturated rings. The van der Waals surface area contributed by atoms with Gasteiger partial charge in [0.2, 0.25) is 11.8 Å². The molecule has 1 aromatic rings. The van der Waals surface area contributed by atoms with Crippen LogP contribution in [0.25, 0.3) is 0 Å². The predicted octanol–water partition coefficient (Wildman–Crippen LogP) is 3.26. The fraction of sp³-hybridized carbons (Fsp3) is 0.450. The molecule has 8 nitrogen and oxygen atoms in total. The van der Waals surface area contributed by atoms with Crippen molar-refractivity contribution in [1.29, 1.82) is 0 Å². The third-order valence-corrected chi connectivity index (χ3v) is 6.13. The second-order valence-electron chi connectivity index (χ2n) is 7.21. The molecule has 2 amide bonds. The van der Waals surface area contributed by atoms with Crippen LogP contribution in [0.3, 0.4) is 0 Å². The van der Waals surface area contributed by atoms with Gasteiger partial charge in [0, 0.05) is 17.8 Å². The van der Waals surface area contributed by atoms with Crippen LogP contribution in [0.1, 0.15) is 55.8 Å². The lowest BCUT2D eigenvalue weighted by Crippen LogP contribution is -2.28. The van der Waals surface area contributed by atoms with Crippen LogP contribution in [0.4, 0.5) is 5.69 Å². The summed E-state index contributed by atoms with van der Waals surface area (Å²) in [6.07, 6.45) is 5.97. The van der Waals surface area contributed by atoms with Gasteiger partial charge in [-0.15, -0.1) is 5.10 Å². The Morgan fingerprint density at radius 2 is 1.90 bits per heavy atom. The number of anilines is 1. The maximum absolute atomic E-state index is 12.2. The molecule has 1 heterocycles. The molecule has 1 saturated carbocycles. The van der Waals surface area contributed by atoms with Gasteiger partial charge < -0.3 is 15.7 Å². The van der Waals surface area contributed by atoms with Crippen molar-refractivity contribution in [3.63, 3.8) is 0 Å². The summed E-state index contributed by atoms with van der Waals surface area (Å²) < 4.78 is 0. The minimum atomic E-state index is -1.03. The maximum Gasteiger partial charge on any atom is 0.335 e. The summed E-state index contributed by atoms with van der Waals surface area (Å²) in [6, 6.07) is 5.84. The van der Waals surface area contributed by atoms with E-state index in [1.807, 2.05) is 6.92 Å². The summed E-state index contributed by atoms with van der Waals surface area (Å²) in [5.41, 5.74) is 1.60. The number of benzene rings is 1. The van der Waals surface area contributed by atoms with Crippen molar-refractivity contribution in [3.8, 4) is 0 Å². The number of amidine groups is 1. The van der Waals surface area contributed by atoms with E-state index in [-0.39, 0.29) is 23.8 Å². The number of rotatable bonds is 6. The second-order valence-corrected chi connectivity index (χ2v) is 8.40. The van der Waals surface area contributed by atoms with Gasteiger partial charge in [-0.3, -0.25) is 9.59 Å². The van der Waals surface area contributed by atoms with Gasteiger partial charge in [0.1, 0.15) is 5.25 Å². The first-order valence-electron chi connectivity index (χ1n) is 9.65. The van der Waals surface area contributed by atoms with Gasteiger partial charge in [-0.05, 0) is 49.9 Å². The quantitative estimate of drug-likeness (QED) is 0.486. The second kappa shape index (κ2) is 9.69. The van der Waals surface area contributed by atoms with Crippen LogP contribution in [0, 0.1) is 5.92 Å². The minimum absolute atomic E-state index is 0.0124. The zero-order valence-electron chi connectivity index (χ0n) is 16.2. The Labute approximate surface area is 173 Å².